The minimum absolute atomic E-state index is 0.00929. The maximum atomic E-state index is 8.66. The summed E-state index contributed by atoms with van der Waals surface area (Å²) in [6.45, 7) is 14.3. The number of nitrogens with one attached hydrogen (secondary N) is 1. The third-order valence-electron chi connectivity index (χ3n) is 1.47. The minimum atomic E-state index is 0.00929. The first-order valence-corrected chi connectivity index (χ1v) is 5.92. The van der Waals surface area contributed by atoms with Crippen LogP contribution in [0.25, 0.3) is 4.85 Å². The number of hydrogen-bond donors (Lipinski definition) is 1. The molecule has 0 aromatic carbocycles. The zero-order valence-corrected chi connectivity index (χ0v) is 12.2. The van der Waals surface area contributed by atoms with Gasteiger partial charge in [0.15, 0.2) is 0 Å². The van der Waals surface area contributed by atoms with Crippen LogP contribution < -0.4 is 5.43 Å². The number of allylic oxidation sites excluding steroid dienone is 2. The molecule has 0 aromatic heterocycles. The van der Waals surface area contributed by atoms with Crippen molar-refractivity contribution in [3.63, 3.8) is 0 Å². The Labute approximate surface area is 107 Å². The van der Waals surface area contributed by atoms with Crippen LogP contribution in [0.2, 0.25) is 0 Å². The van der Waals surface area contributed by atoms with E-state index >= 15 is 0 Å². The van der Waals surface area contributed by atoms with Gasteiger partial charge in [0.25, 0.3) is 0 Å². The molecule has 0 bridgehead atoms. The molecular formula is C11H12N4W. The van der Waals surface area contributed by atoms with E-state index in [2.05, 4.69) is 22.0 Å². The predicted molar refractivity (Wildman–Crippen MR) is 61.2 cm³/mol. The van der Waals surface area contributed by atoms with E-state index in [1.54, 1.807) is 0 Å². The summed E-state index contributed by atoms with van der Waals surface area (Å²) in [6, 6.07) is 1.87. The summed E-state index contributed by atoms with van der Waals surface area (Å²) in [5.41, 5.74) is 4.98. The second-order valence-corrected chi connectivity index (χ2v) is 4.57. The van der Waals surface area contributed by atoms with E-state index in [0.29, 0.717) is 0 Å². The Morgan fingerprint density at radius 2 is 2.31 bits per heavy atom. The van der Waals surface area contributed by atoms with Gasteiger partial charge in [-0.3, -0.25) is 0 Å². The molecule has 0 amide bonds. The number of nitrogens with zero attached hydrogens (tertiary/aromatic N) is 3. The molecule has 0 aliphatic heterocycles. The Hall–Kier alpha value is -1.51. The molecule has 4 nitrogen and oxygen atoms in total. The van der Waals surface area contributed by atoms with Gasteiger partial charge in [0.1, 0.15) is 0 Å². The molecule has 0 atom stereocenters. The summed E-state index contributed by atoms with van der Waals surface area (Å²) in [5.74, 6) is 0. The second-order valence-electron chi connectivity index (χ2n) is 3.10. The molecule has 0 unspecified atom stereocenters. The molecule has 16 heavy (non-hydrogen) atoms. The van der Waals surface area contributed by atoms with Crippen molar-refractivity contribution in [3.8, 4) is 6.07 Å². The Kier molecular flexibility index (Phi) is 7.01. The Balaban J connectivity index is 4.55. The summed E-state index contributed by atoms with van der Waals surface area (Å²) in [7, 11) is 0. The molecule has 0 saturated carbocycles. The zero-order valence-electron chi connectivity index (χ0n) is 9.24. The SMILES string of the molecule is [C-]#[N+]C/C(C#N)=N\N[C](=[W])/C(C)=C\C(=C)C. The molecule has 0 aliphatic carbocycles. The van der Waals surface area contributed by atoms with Gasteiger partial charge < -0.3 is 0 Å². The zero-order chi connectivity index (χ0) is 12.6. The van der Waals surface area contributed by atoms with E-state index in [1.807, 2.05) is 26.0 Å². The van der Waals surface area contributed by atoms with Gasteiger partial charge in [0.2, 0.25) is 0 Å². The van der Waals surface area contributed by atoms with Crippen molar-refractivity contribution in [1.82, 2.24) is 5.43 Å². The molecule has 0 radical (unpaired) electrons. The number of hydrazone groups is 1. The third-order valence-corrected chi connectivity index (χ3v) is 2.96. The van der Waals surface area contributed by atoms with Crippen LogP contribution in [-0.2, 0) is 19.4 Å². The average Bonchev–Trinajstić information content (AvgIpc) is 2.22. The van der Waals surface area contributed by atoms with Crippen LogP contribution in [-0.4, -0.2) is 16.3 Å². The molecule has 5 heteroatoms. The van der Waals surface area contributed by atoms with E-state index < -0.39 is 0 Å². The molecule has 0 spiro atoms. The summed E-state index contributed by atoms with van der Waals surface area (Å²) < 4.78 is 0.917. The van der Waals surface area contributed by atoms with Crippen LogP contribution in [0.4, 0.5) is 0 Å². The van der Waals surface area contributed by atoms with Gasteiger partial charge in [-0.15, -0.1) is 0 Å². The first-order valence-electron chi connectivity index (χ1n) is 4.45. The molecule has 0 rings (SSSR count). The Morgan fingerprint density at radius 1 is 1.69 bits per heavy atom. The molecule has 1 N–H and O–H groups in total. The molecule has 0 heterocycles. The first kappa shape index (κ1) is 14.5. The van der Waals surface area contributed by atoms with E-state index in [4.69, 9.17) is 11.8 Å². The van der Waals surface area contributed by atoms with Gasteiger partial charge >= 0.3 is 107 Å². The van der Waals surface area contributed by atoms with Crippen molar-refractivity contribution >= 4 is 9.73 Å². The summed E-state index contributed by atoms with van der Waals surface area (Å²) in [6.07, 6.45) is 1.94. The van der Waals surface area contributed by atoms with Crippen LogP contribution in [0.3, 0.4) is 0 Å². The fraction of sp³-hybridized carbons (Fsp3) is 0.273. The predicted octanol–water partition coefficient (Wildman–Crippen LogP) is 1.57. The molecule has 0 saturated heterocycles. The topological polar surface area (TPSA) is 52.5 Å². The van der Waals surface area contributed by atoms with Gasteiger partial charge in [-0.2, -0.15) is 0 Å². The normalized spacial score (nSPS) is 11.2. The second kappa shape index (κ2) is 7.74. The van der Waals surface area contributed by atoms with Crippen molar-refractivity contribution < 1.29 is 19.4 Å². The quantitative estimate of drug-likeness (QED) is 0.339. The fourth-order valence-corrected chi connectivity index (χ4v) is 1.19. The number of hydrogen-bond acceptors (Lipinski definition) is 3. The van der Waals surface area contributed by atoms with Crippen LogP contribution in [0.5, 0.6) is 0 Å². The summed E-state index contributed by atoms with van der Waals surface area (Å²) in [4.78, 5) is 3.10. The monoisotopic (exact) mass is 384 g/mol. The first-order chi connectivity index (χ1) is 7.51. The average molecular weight is 384 g/mol. The maximum absolute atomic E-state index is 8.66. The molecule has 0 aromatic rings. The van der Waals surface area contributed by atoms with Gasteiger partial charge in [0, 0.05) is 0 Å². The fourth-order valence-electron chi connectivity index (χ4n) is 0.812. The van der Waals surface area contributed by atoms with Crippen molar-refractivity contribution in [2.75, 3.05) is 6.54 Å². The van der Waals surface area contributed by atoms with Crippen molar-refractivity contribution in [2.45, 2.75) is 13.8 Å². The Bertz CT molecular complexity index is 432. The van der Waals surface area contributed by atoms with Gasteiger partial charge in [-0.25, -0.2) is 0 Å². The summed E-state index contributed by atoms with van der Waals surface area (Å²) >= 11 is 1.22. The summed E-state index contributed by atoms with van der Waals surface area (Å²) in [5, 5.41) is 12.5. The van der Waals surface area contributed by atoms with Crippen LogP contribution in [0.1, 0.15) is 13.8 Å². The van der Waals surface area contributed by atoms with Gasteiger partial charge in [-0.1, -0.05) is 0 Å². The van der Waals surface area contributed by atoms with Gasteiger partial charge in [0.05, 0.1) is 0 Å². The number of rotatable bonds is 5. The molecule has 82 valence electrons. The van der Waals surface area contributed by atoms with Crippen molar-refractivity contribution in [3.05, 3.63) is 35.2 Å². The van der Waals surface area contributed by atoms with E-state index in [9.17, 15) is 0 Å². The van der Waals surface area contributed by atoms with Gasteiger partial charge in [-0.05, 0) is 0 Å². The third kappa shape index (κ3) is 6.06. The molecular weight excluding hydrogens is 372 g/mol. The standard InChI is InChI=1S/C11H12N4.W/c1-9(2)5-10(3)7-14-15-11(6-12)8-13-4;/h5,14H,1,8H2,2-3H3;/b10-5-,15-11-;. The van der Waals surface area contributed by atoms with Crippen LogP contribution in [0.15, 0.2) is 28.9 Å². The van der Waals surface area contributed by atoms with E-state index in [1.165, 1.54) is 19.4 Å². The Morgan fingerprint density at radius 3 is 2.75 bits per heavy atom. The number of nitriles is 1. The van der Waals surface area contributed by atoms with Crippen molar-refractivity contribution in [1.29, 1.82) is 5.26 Å². The van der Waals surface area contributed by atoms with E-state index in [0.717, 1.165) is 15.2 Å². The van der Waals surface area contributed by atoms with E-state index in [-0.39, 0.29) is 12.3 Å². The molecule has 0 aliphatic rings. The van der Waals surface area contributed by atoms with Crippen LogP contribution >= 0.6 is 0 Å². The van der Waals surface area contributed by atoms with Crippen LogP contribution in [0, 0.1) is 17.9 Å². The van der Waals surface area contributed by atoms with Crippen molar-refractivity contribution in [2.24, 2.45) is 5.10 Å². The molecule has 0 fully saturated rings.